The van der Waals surface area contributed by atoms with E-state index in [1.54, 1.807) is 0 Å². The Labute approximate surface area is 141 Å². The zero-order chi connectivity index (χ0) is 18.2. The van der Waals surface area contributed by atoms with Gasteiger partial charge in [-0.3, -0.25) is 4.99 Å². The SMILES string of the molecule is COC(=O)c1ccc(OC)c(-c2cc(C(F)(F)F)cc3c2C=NC3)c1. The summed E-state index contributed by atoms with van der Waals surface area (Å²) in [6.07, 6.45) is -2.95. The Bertz CT molecular complexity index is 873. The Morgan fingerprint density at radius 3 is 2.52 bits per heavy atom. The lowest BCUT2D eigenvalue weighted by Gasteiger charge is -2.16. The number of rotatable bonds is 3. The summed E-state index contributed by atoms with van der Waals surface area (Å²) in [6.45, 7) is 0.186. The zero-order valence-corrected chi connectivity index (χ0v) is 13.5. The van der Waals surface area contributed by atoms with Crippen molar-refractivity contribution in [3.63, 3.8) is 0 Å². The standard InChI is InChI=1S/C18H14F3NO3/c1-24-16-4-3-10(17(23)25-2)6-14(16)13-7-12(18(19,20)21)5-11-8-22-9-15(11)13/h3-7,9H,8H2,1-2H3. The number of halogens is 3. The molecule has 0 saturated carbocycles. The van der Waals surface area contributed by atoms with Crippen LogP contribution in [0.15, 0.2) is 35.3 Å². The molecule has 0 atom stereocenters. The molecule has 25 heavy (non-hydrogen) atoms. The lowest BCUT2D eigenvalue weighted by atomic mass is 9.92. The van der Waals surface area contributed by atoms with E-state index in [0.717, 1.165) is 12.1 Å². The van der Waals surface area contributed by atoms with Crippen molar-refractivity contribution in [2.24, 2.45) is 4.99 Å². The molecule has 4 nitrogen and oxygen atoms in total. The highest BCUT2D eigenvalue weighted by molar-refractivity contribution is 5.98. The molecule has 1 aliphatic heterocycles. The zero-order valence-electron chi connectivity index (χ0n) is 13.5. The van der Waals surface area contributed by atoms with Gasteiger partial charge in [0.05, 0.1) is 31.9 Å². The maximum Gasteiger partial charge on any atom is 0.416 e. The lowest BCUT2D eigenvalue weighted by Crippen LogP contribution is -2.08. The Morgan fingerprint density at radius 1 is 1.12 bits per heavy atom. The van der Waals surface area contributed by atoms with E-state index in [-0.39, 0.29) is 12.1 Å². The van der Waals surface area contributed by atoms with Crippen LogP contribution in [-0.4, -0.2) is 26.4 Å². The van der Waals surface area contributed by atoms with Gasteiger partial charge >= 0.3 is 12.1 Å². The Balaban J connectivity index is 2.27. The summed E-state index contributed by atoms with van der Waals surface area (Å²) in [5.74, 6) is -0.226. The highest BCUT2D eigenvalue weighted by Crippen LogP contribution is 2.40. The van der Waals surface area contributed by atoms with Crippen LogP contribution in [0.25, 0.3) is 11.1 Å². The molecule has 3 rings (SSSR count). The second-order valence-corrected chi connectivity index (χ2v) is 5.47. The molecule has 7 heteroatoms. The van der Waals surface area contributed by atoms with Crippen molar-refractivity contribution in [3.8, 4) is 16.9 Å². The van der Waals surface area contributed by atoms with Gasteiger partial charge < -0.3 is 9.47 Å². The Hall–Kier alpha value is -2.83. The quantitative estimate of drug-likeness (QED) is 0.784. The number of carbonyl (C=O) groups is 1. The first kappa shape index (κ1) is 17.0. The summed E-state index contributed by atoms with van der Waals surface area (Å²) in [5.41, 5.74) is 1.22. The molecule has 0 bridgehead atoms. The minimum Gasteiger partial charge on any atom is -0.496 e. The van der Waals surface area contributed by atoms with Crippen molar-refractivity contribution in [2.45, 2.75) is 12.7 Å². The first-order valence-corrected chi connectivity index (χ1v) is 7.36. The number of fused-ring (bicyclic) bond motifs is 1. The van der Waals surface area contributed by atoms with E-state index in [1.807, 2.05) is 0 Å². The molecule has 0 saturated heterocycles. The maximum atomic E-state index is 13.3. The van der Waals surface area contributed by atoms with E-state index in [9.17, 15) is 18.0 Å². The topological polar surface area (TPSA) is 47.9 Å². The number of aliphatic imine (C=N–C) groups is 1. The molecule has 1 aliphatic rings. The fourth-order valence-corrected chi connectivity index (χ4v) is 2.78. The van der Waals surface area contributed by atoms with Crippen molar-refractivity contribution >= 4 is 12.2 Å². The van der Waals surface area contributed by atoms with Crippen LogP contribution >= 0.6 is 0 Å². The predicted octanol–water partition coefficient (Wildman–Crippen LogP) is 4.10. The number of carbonyl (C=O) groups excluding carboxylic acids is 1. The van der Waals surface area contributed by atoms with Crippen LogP contribution in [0.5, 0.6) is 5.75 Å². The van der Waals surface area contributed by atoms with Crippen molar-refractivity contribution in [1.29, 1.82) is 0 Å². The number of methoxy groups -OCH3 is 2. The fourth-order valence-electron chi connectivity index (χ4n) is 2.78. The predicted molar refractivity (Wildman–Crippen MR) is 86.1 cm³/mol. The monoisotopic (exact) mass is 349 g/mol. The average molecular weight is 349 g/mol. The third kappa shape index (κ3) is 3.09. The minimum absolute atomic E-state index is 0.186. The molecule has 0 spiro atoms. The van der Waals surface area contributed by atoms with E-state index in [4.69, 9.17) is 4.74 Å². The van der Waals surface area contributed by atoms with Crippen molar-refractivity contribution in [2.75, 3.05) is 14.2 Å². The number of nitrogens with zero attached hydrogens (tertiary/aromatic N) is 1. The molecular formula is C18H14F3NO3. The molecule has 0 aliphatic carbocycles. The third-order valence-electron chi connectivity index (χ3n) is 3.99. The van der Waals surface area contributed by atoms with Crippen LogP contribution in [0.1, 0.15) is 27.0 Å². The first-order chi connectivity index (χ1) is 11.8. The molecule has 2 aromatic carbocycles. The van der Waals surface area contributed by atoms with Gasteiger partial charge in [0.15, 0.2) is 0 Å². The van der Waals surface area contributed by atoms with Gasteiger partial charge in [-0.2, -0.15) is 13.2 Å². The molecule has 0 fully saturated rings. The number of esters is 1. The molecule has 0 N–H and O–H groups in total. The lowest BCUT2D eigenvalue weighted by molar-refractivity contribution is -0.137. The van der Waals surface area contributed by atoms with Crippen LogP contribution < -0.4 is 4.74 Å². The molecule has 0 amide bonds. The van der Waals surface area contributed by atoms with Gasteiger partial charge in [0.2, 0.25) is 0 Å². The fraction of sp³-hybridized carbons (Fsp3) is 0.222. The number of ether oxygens (including phenoxy) is 2. The smallest absolute Gasteiger partial charge is 0.416 e. The van der Waals surface area contributed by atoms with Crippen LogP contribution in [0.3, 0.4) is 0 Å². The van der Waals surface area contributed by atoms with Crippen molar-refractivity contribution < 1.29 is 27.4 Å². The number of hydrogen-bond acceptors (Lipinski definition) is 4. The van der Waals surface area contributed by atoms with Gasteiger partial charge in [0.1, 0.15) is 5.75 Å². The van der Waals surface area contributed by atoms with Gasteiger partial charge in [-0.15, -0.1) is 0 Å². The van der Waals surface area contributed by atoms with Gasteiger partial charge in [0.25, 0.3) is 0 Å². The van der Waals surface area contributed by atoms with Gasteiger partial charge in [-0.25, -0.2) is 4.79 Å². The maximum absolute atomic E-state index is 13.3. The largest absolute Gasteiger partial charge is 0.496 e. The van der Waals surface area contributed by atoms with E-state index in [1.165, 1.54) is 38.6 Å². The van der Waals surface area contributed by atoms with Crippen LogP contribution in [-0.2, 0) is 17.5 Å². The van der Waals surface area contributed by atoms with E-state index < -0.39 is 17.7 Å². The van der Waals surface area contributed by atoms with Crippen molar-refractivity contribution in [3.05, 3.63) is 52.6 Å². The number of benzene rings is 2. The van der Waals surface area contributed by atoms with E-state index in [0.29, 0.717) is 28.0 Å². The van der Waals surface area contributed by atoms with Crippen LogP contribution in [0.4, 0.5) is 13.2 Å². The molecule has 2 aromatic rings. The summed E-state index contributed by atoms with van der Waals surface area (Å²) in [7, 11) is 2.65. The van der Waals surface area contributed by atoms with Gasteiger partial charge in [-0.1, -0.05) is 0 Å². The molecule has 1 heterocycles. The Morgan fingerprint density at radius 2 is 1.88 bits per heavy atom. The molecule has 0 unspecified atom stereocenters. The average Bonchev–Trinajstić information content (AvgIpc) is 3.07. The molecule has 0 aromatic heterocycles. The van der Waals surface area contributed by atoms with E-state index in [2.05, 4.69) is 9.73 Å². The normalized spacial score (nSPS) is 12.8. The highest BCUT2D eigenvalue weighted by atomic mass is 19.4. The third-order valence-corrected chi connectivity index (χ3v) is 3.99. The van der Waals surface area contributed by atoms with Crippen molar-refractivity contribution in [1.82, 2.24) is 0 Å². The van der Waals surface area contributed by atoms with E-state index >= 15 is 0 Å². The summed E-state index contributed by atoms with van der Waals surface area (Å²) in [6, 6.07) is 6.64. The first-order valence-electron chi connectivity index (χ1n) is 7.36. The molecule has 0 radical (unpaired) electrons. The minimum atomic E-state index is -4.49. The summed E-state index contributed by atoms with van der Waals surface area (Å²) in [5, 5.41) is 0. The van der Waals surface area contributed by atoms with Gasteiger partial charge in [0, 0.05) is 17.3 Å². The van der Waals surface area contributed by atoms with Crippen LogP contribution in [0, 0.1) is 0 Å². The number of alkyl halides is 3. The second-order valence-electron chi connectivity index (χ2n) is 5.47. The Kier molecular flexibility index (Phi) is 4.24. The molecule has 130 valence electrons. The summed E-state index contributed by atoms with van der Waals surface area (Å²) in [4.78, 5) is 15.9. The van der Waals surface area contributed by atoms with Crippen LogP contribution in [0.2, 0.25) is 0 Å². The molecular weight excluding hydrogens is 335 g/mol. The summed E-state index contributed by atoms with van der Waals surface area (Å²) < 4.78 is 49.7. The highest BCUT2D eigenvalue weighted by Gasteiger charge is 2.33. The number of hydrogen-bond donors (Lipinski definition) is 0. The summed E-state index contributed by atoms with van der Waals surface area (Å²) >= 11 is 0. The second kappa shape index (κ2) is 6.23. The van der Waals surface area contributed by atoms with Gasteiger partial charge in [-0.05, 0) is 41.5 Å².